The maximum atomic E-state index is 12.7. The van der Waals surface area contributed by atoms with E-state index in [4.69, 9.17) is 10.8 Å². The molecular formula is C24H32F4N6O. The van der Waals surface area contributed by atoms with Gasteiger partial charge in [0.1, 0.15) is 0 Å². The summed E-state index contributed by atoms with van der Waals surface area (Å²) in [5, 5.41) is 4.77. The second-order valence-corrected chi connectivity index (χ2v) is 10.2. The van der Waals surface area contributed by atoms with Crippen LogP contribution in [0.1, 0.15) is 44.3 Å². The molecule has 0 aromatic carbocycles. The van der Waals surface area contributed by atoms with Gasteiger partial charge in [-0.05, 0) is 50.7 Å². The molecule has 4 atom stereocenters. The average molecular weight is 497 g/mol. The maximum absolute atomic E-state index is 12.7. The fourth-order valence-corrected chi connectivity index (χ4v) is 6.05. The molecule has 2 saturated carbocycles. The van der Waals surface area contributed by atoms with E-state index in [1.807, 2.05) is 15.6 Å². The van der Waals surface area contributed by atoms with Crippen LogP contribution in [0.4, 0.5) is 23.4 Å². The van der Waals surface area contributed by atoms with E-state index < -0.39 is 13.0 Å². The summed E-state index contributed by atoms with van der Waals surface area (Å²) in [4.78, 5) is 8.34. The van der Waals surface area contributed by atoms with Crippen LogP contribution in [0, 0.1) is 11.8 Å². The first kappa shape index (κ1) is 24.3. The highest BCUT2D eigenvalue weighted by Gasteiger charge is 2.58. The molecule has 192 valence electrons. The lowest BCUT2D eigenvalue weighted by molar-refractivity contribution is -0.0494. The van der Waals surface area contributed by atoms with Crippen molar-refractivity contribution >= 4 is 5.82 Å². The first-order chi connectivity index (χ1) is 16.7. The van der Waals surface area contributed by atoms with Crippen LogP contribution >= 0.6 is 0 Å². The lowest BCUT2D eigenvalue weighted by Crippen LogP contribution is -2.51. The fourth-order valence-electron chi connectivity index (χ4n) is 6.05. The summed E-state index contributed by atoms with van der Waals surface area (Å²) in [5.74, 6) is 1.36. The number of nitrogens with zero attached hydrogens (tertiary/aromatic N) is 5. The van der Waals surface area contributed by atoms with E-state index in [1.54, 1.807) is 0 Å². The minimum atomic E-state index is -2.98. The highest BCUT2D eigenvalue weighted by Crippen LogP contribution is 2.64. The summed E-state index contributed by atoms with van der Waals surface area (Å²) in [6.07, 6.45) is 1.48. The molecule has 7 nitrogen and oxygen atoms in total. The highest BCUT2D eigenvalue weighted by atomic mass is 19.3. The number of hydrogen-bond acceptors (Lipinski definition) is 6. The highest BCUT2D eigenvalue weighted by molar-refractivity contribution is 5.64. The second kappa shape index (κ2) is 9.57. The van der Waals surface area contributed by atoms with Gasteiger partial charge in [-0.25, -0.2) is 13.8 Å². The molecule has 3 aliphatic rings. The van der Waals surface area contributed by atoms with Gasteiger partial charge in [0.15, 0.2) is 11.6 Å². The minimum absolute atomic E-state index is 0.0876. The molecule has 2 aromatic heterocycles. The number of anilines is 1. The molecule has 3 heterocycles. The van der Waals surface area contributed by atoms with Crippen LogP contribution in [0.15, 0.2) is 18.3 Å². The van der Waals surface area contributed by atoms with Gasteiger partial charge in [0.2, 0.25) is 0 Å². The molecule has 0 bridgehead atoms. The zero-order valence-corrected chi connectivity index (χ0v) is 20.0. The summed E-state index contributed by atoms with van der Waals surface area (Å²) >= 11 is 0. The Morgan fingerprint density at radius 2 is 1.74 bits per heavy atom. The van der Waals surface area contributed by atoms with Crippen LogP contribution in [0.3, 0.4) is 0 Å². The number of nitrogen functional groups attached to an aromatic ring is 1. The lowest BCUT2D eigenvalue weighted by Gasteiger charge is -2.38. The Balaban J connectivity index is 1.26. The minimum Gasteiger partial charge on any atom is -0.431 e. The van der Waals surface area contributed by atoms with Crippen LogP contribution in [-0.2, 0) is 0 Å². The molecule has 0 unspecified atom stereocenters. The monoisotopic (exact) mass is 496 g/mol. The molecule has 0 amide bonds. The molecule has 0 spiro atoms. The first-order valence-electron chi connectivity index (χ1n) is 12.3. The normalized spacial score (nSPS) is 27.2. The number of nitrogens with two attached hydrogens (primary N) is 1. The standard InChI is InChI=1S/C24H32F4N6O/c1-13(2)34-19(10-18(31-34)14-7-20(35-24(27)28)23(29)30-11-14)22-16-8-15(9-17(16)22)33-5-3-32(4-6-33)12-21(25)26/h7,10-11,13,15-17,21-22,24H,3-6,8-9,12H2,1-2H3,(H2,29,30)/t15-,16+,17-,22-. The van der Waals surface area contributed by atoms with Crippen LogP contribution in [-0.4, -0.2) is 76.4 Å². The van der Waals surface area contributed by atoms with Crippen molar-refractivity contribution < 1.29 is 22.3 Å². The van der Waals surface area contributed by atoms with Crippen molar-refractivity contribution in [3.8, 4) is 17.0 Å². The molecule has 2 aliphatic carbocycles. The van der Waals surface area contributed by atoms with Gasteiger partial charge in [-0.3, -0.25) is 14.5 Å². The molecule has 35 heavy (non-hydrogen) atoms. The molecule has 11 heteroatoms. The predicted molar refractivity (Wildman–Crippen MR) is 124 cm³/mol. The van der Waals surface area contributed by atoms with Gasteiger partial charge in [0.25, 0.3) is 6.43 Å². The van der Waals surface area contributed by atoms with E-state index in [2.05, 4.69) is 28.5 Å². The number of aromatic nitrogens is 3. The van der Waals surface area contributed by atoms with E-state index in [-0.39, 0.29) is 24.2 Å². The number of rotatable bonds is 8. The molecule has 2 aromatic rings. The van der Waals surface area contributed by atoms with E-state index in [9.17, 15) is 17.6 Å². The Morgan fingerprint density at radius 3 is 2.34 bits per heavy atom. The number of ether oxygens (including phenoxy) is 1. The molecule has 0 radical (unpaired) electrons. The summed E-state index contributed by atoms with van der Waals surface area (Å²) in [7, 11) is 0. The third-order valence-electron chi connectivity index (χ3n) is 7.73. The van der Waals surface area contributed by atoms with Crippen molar-refractivity contribution in [2.45, 2.75) is 57.7 Å². The van der Waals surface area contributed by atoms with Gasteiger partial charge >= 0.3 is 6.61 Å². The molecule has 5 rings (SSSR count). The number of alkyl halides is 4. The molecule has 2 N–H and O–H groups in total. The molecular weight excluding hydrogens is 464 g/mol. The number of pyridine rings is 1. The van der Waals surface area contributed by atoms with Crippen molar-refractivity contribution in [1.29, 1.82) is 0 Å². The predicted octanol–water partition coefficient (Wildman–Crippen LogP) is 4.08. The number of piperazine rings is 1. The van der Waals surface area contributed by atoms with Crippen molar-refractivity contribution in [1.82, 2.24) is 24.6 Å². The Kier molecular flexibility index (Phi) is 6.65. The number of fused-ring (bicyclic) bond motifs is 1. The Bertz CT molecular complexity index is 1030. The number of halogens is 4. The third-order valence-corrected chi connectivity index (χ3v) is 7.73. The Hall–Kier alpha value is -2.40. The summed E-state index contributed by atoms with van der Waals surface area (Å²) in [6, 6.07) is 4.17. The largest absolute Gasteiger partial charge is 0.431 e. The van der Waals surface area contributed by atoms with Gasteiger partial charge in [-0.2, -0.15) is 13.9 Å². The van der Waals surface area contributed by atoms with E-state index in [0.29, 0.717) is 48.1 Å². The maximum Gasteiger partial charge on any atom is 0.387 e. The summed E-state index contributed by atoms with van der Waals surface area (Å²) in [6.45, 7) is 4.15. The first-order valence-corrected chi connectivity index (χ1v) is 12.3. The van der Waals surface area contributed by atoms with Gasteiger partial charge in [-0.1, -0.05) is 0 Å². The van der Waals surface area contributed by atoms with Gasteiger partial charge in [0.05, 0.1) is 12.2 Å². The van der Waals surface area contributed by atoms with Crippen molar-refractivity contribution in [3.05, 3.63) is 24.0 Å². The summed E-state index contributed by atoms with van der Waals surface area (Å²) < 4.78 is 57.3. The zero-order valence-electron chi connectivity index (χ0n) is 20.0. The Labute approximate surface area is 202 Å². The average Bonchev–Trinajstić information content (AvgIpc) is 3.14. The molecule has 1 saturated heterocycles. The van der Waals surface area contributed by atoms with Gasteiger partial charge < -0.3 is 10.5 Å². The SMILES string of the molecule is CC(C)n1nc(-c2cnc(N)c(OC(F)F)c2)cc1[C@H]1[C@@H]2C[C@H](N3CCN(CC(F)F)CC3)C[C@@H]21. The quantitative estimate of drug-likeness (QED) is 0.556. The third kappa shape index (κ3) is 4.97. The molecule has 3 fully saturated rings. The van der Waals surface area contributed by atoms with Crippen molar-refractivity contribution in [3.63, 3.8) is 0 Å². The van der Waals surface area contributed by atoms with Gasteiger partial charge in [0, 0.05) is 61.6 Å². The van der Waals surface area contributed by atoms with Crippen LogP contribution < -0.4 is 10.5 Å². The topological polar surface area (TPSA) is 72.4 Å². The number of hydrogen-bond donors (Lipinski definition) is 1. The van der Waals surface area contributed by atoms with E-state index >= 15 is 0 Å². The van der Waals surface area contributed by atoms with Crippen LogP contribution in [0.5, 0.6) is 5.75 Å². The van der Waals surface area contributed by atoms with Crippen LogP contribution in [0.2, 0.25) is 0 Å². The van der Waals surface area contributed by atoms with E-state index in [1.165, 1.54) is 18.0 Å². The van der Waals surface area contributed by atoms with Crippen LogP contribution in [0.25, 0.3) is 11.3 Å². The smallest absolute Gasteiger partial charge is 0.387 e. The Morgan fingerprint density at radius 1 is 1.06 bits per heavy atom. The second-order valence-electron chi connectivity index (χ2n) is 10.2. The zero-order chi connectivity index (χ0) is 24.9. The fraction of sp³-hybridized carbons (Fsp3) is 0.667. The van der Waals surface area contributed by atoms with Crippen molar-refractivity contribution in [2.75, 3.05) is 38.5 Å². The molecule has 1 aliphatic heterocycles. The summed E-state index contributed by atoms with van der Waals surface area (Å²) in [5.41, 5.74) is 8.10. The van der Waals surface area contributed by atoms with Crippen molar-refractivity contribution in [2.24, 2.45) is 11.8 Å². The van der Waals surface area contributed by atoms with E-state index in [0.717, 1.165) is 25.9 Å². The lowest BCUT2D eigenvalue weighted by atomic mass is 10.0. The van der Waals surface area contributed by atoms with Gasteiger partial charge in [-0.15, -0.1) is 0 Å².